The predicted octanol–water partition coefficient (Wildman–Crippen LogP) is 3.63. The van der Waals surface area contributed by atoms with E-state index in [2.05, 4.69) is 15.8 Å². The van der Waals surface area contributed by atoms with Crippen LogP contribution in [0.15, 0.2) is 16.9 Å². The van der Waals surface area contributed by atoms with Gasteiger partial charge in [-0.25, -0.2) is 8.96 Å². The average molecular weight is 390 g/mol. The van der Waals surface area contributed by atoms with E-state index >= 15 is 0 Å². The maximum Gasteiger partial charge on any atom is 0.459 e. The van der Waals surface area contributed by atoms with Crippen molar-refractivity contribution >= 4 is 11.6 Å². The van der Waals surface area contributed by atoms with Crippen LogP contribution in [0.25, 0.3) is 5.69 Å². The van der Waals surface area contributed by atoms with E-state index in [-0.39, 0.29) is 9.59 Å². The molecule has 0 aliphatic heterocycles. The van der Waals surface area contributed by atoms with Crippen LogP contribution in [0.1, 0.15) is 5.69 Å². The van der Waals surface area contributed by atoms with Crippen molar-refractivity contribution in [3.63, 3.8) is 0 Å². The minimum absolute atomic E-state index is 0.0352. The summed E-state index contributed by atoms with van der Waals surface area (Å²) >= 11 is 5.46. The summed E-state index contributed by atoms with van der Waals surface area (Å²) in [6, 6.07) is 2.44. The zero-order chi connectivity index (χ0) is 19.2. The first-order valence-electron chi connectivity index (χ1n) is 6.10. The van der Waals surface area contributed by atoms with Crippen molar-refractivity contribution in [3.8, 4) is 11.7 Å². The number of aromatic nitrogens is 2. The standard InChI is InChI=1S/C13H5ClF7N2O2/c1-25-11-22-9(12(17,18)13(19,20)21)8(16)10(24)23(11)7-3-2-5(14)4-6(7)15/h3-4H,1H3. The van der Waals surface area contributed by atoms with E-state index in [4.69, 9.17) is 11.6 Å². The van der Waals surface area contributed by atoms with Gasteiger partial charge in [0, 0.05) is 6.07 Å². The number of methoxy groups -OCH3 is 1. The van der Waals surface area contributed by atoms with Gasteiger partial charge in [-0.05, 0) is 12.1 Å². The van der Waals surface area contributed by atoms with E-state index in [9.17, 15) is 35.5 Å². The molecule has 25 heavy (non-hydrogen) atoms. The van der Waals surface area contributed by atoms with Gasteiger partial charge in [0.25, 0.3) is 5.56 Å². The lowest BCUT2D eigenvalue weighted by atomic mass is 10.2. The predicted molar refractivity (Wildman–Crippen MR) is 70.1 cm³/mol. The fraction of sp³-hybridized carbons (Fsp3) is 0.231. The maximum atomic E-state index is 13.9. The fourth-order valence-electron chi connectivity index (χ4n) is 1.78. The highest BCUT2D eigenvalue weighted by molar-refractivity contribution is 6.30. The molecule has 0 aliphatic carbocycles. The average Bonchev–Trinajstić information content (AvgIpc) is 2.49. The van der Waals surface area contributed by atoms with Crippen LogP contribution >= 0.6 is 11.6 Å². The van der Waals surface area contributed by atoms with Crippen LogP contribution in [0.4, 0.5) is 30.7 Å². The maximum absolute atomic E-state index is 13.9. The van der Waals surface area contributed by atoms with Crippen LogP contribution in [0.2, 0.25) is 5.02 Å². The van der Waals surface area contributed by atoms with Gasteiger partial charge < -0.3 is 4.74 Å². The second kappa shape index (κ2) is 6.21. The quantitative estimate of drug-likeness (QED) is 0.753. The van der Waals surface area contributed by atoms with Gasteiger partial charge in [-0.2, -0.15) is 31.3 Å². The number of alkyl halides is 5. The highest BCUT2D eigenvalue weighted by Gasteiger charge is 2.62. The molecule has 0 saturated heterocycles. The minimum Gasteiger partial charge on any atom is -0.468 e. The molecule has 4 nitrogen and oxygen atoms in total. The van der Waals surface area contributed by atoms with Crippen molar-refractivity contribution in [1.82, 2.24) is 9.55 Å². The molecule has 12 heteroatoms. The van der Waals surface area contributed by atoms with Crippen molar-refractivity contribution < 1.29 is 35.5 Å². The van der Waals surface area contributed by atoms with Gasteiger partial charge in [-0.3, -0.25) is 4.79 Å². The molecule has 0 amide bonds. The second-order valence-electron chi connectivity index (χ2n) is 4.49. The third-order valence-corrected chi connectivity index (χ3v) is 3.14. The van der Waals surface area contributed by atoms with E-state index in [1.807, 2.05) is 0 Å². The Labute approximate surface area is 139 Å². The Hall–Kier alpha value is -2.30. The Bertz CT molecular complexity index is 880. The molecule has 0 spiro atoms. The van der Waals surface area contributed by atoms with Crippen LogP contribution in [0.5, 0.6) is 6.01 Å². The lowest BCUT2D eigenvalue weighted by molar-refractivity contribution is -0.292. The largest absolute Gasteiger partial charge is 0.468 e. The molecule has 0 bridgehead atoms. The van der Waals surface area contributed by atoms with Gasteiger partial charge in [0.2, 0.25) is 5.82 Å². The zero-order valence-corrected chi connectivity index (χ0v) is 12.6. The lowest BCUT2D eigenvalue weighted by Gasteiger charge is -2.21. The van der Waals surface area contributed by atoms with Gasteiger partial charge in [0.15, 0.2) is 5.69 Å². The molecule has 0 aliphatic rings. The summed E-state index contributed by atoms with van der Waals surface area (Å²) in [6.07, 6.45) is -6.22. The summed E-state index contributed by atoms with van der Waals surface area (Å²) in [4.78, 5) is 14.6. The monoisotopic (exact) mass is 389 g/mol. The fourth-order valence-corrected chi connectivity index (χ4v) is 1.93. The van der Waals surface area contributed by atoms with Crippen LogP contribution in [-0.2, 0) is 5.92 Å². The highest BCUT2D eigenvalue weighted by atomic mass is 35.5. The molecule has 135 valence electrons. The number of hydrogen-bond acceptors (Lipinski definition) is 3. The van der Waals surface area contributed by atoms with Gasteiger partial charge in [0.05, 0.1) is 17.8 Å². The van der Waals surface area contributed by atoms with Crippen molar-refractivity contribution in [2.45, 2.75) is 12.1 Å². The number of ether oxygens (including phenoxy) is 1. The zero-order valence-electron chi connectivity index (χ0n) is 11.9. The molecular weight excluding hydrogens is 385 g/mol. The molecule has 0 unspecified atom stereocenters. The summed E-state index contributed by atoms with van der Waals surface area (Å²) < 4.78 is 96.2. The number of nitrogens with zero attached hydrogens (tertiary/aromatic N) is 2. The van der Waals surface area contributed by atoms with E-state index in [1.165, 1.54) is 0 Å². The normalized spacial score (nSPS) is 12.4. The SMILES string of the molecule is COc1nc(C(F)(F)C(F)(F)F)c(F)c(=O)n1-c1c[c]c(Cl)cc1F. The Morgan fingerprint density at radius 2 is 1.84 bits per heavy atom. The number of halogens is 8. The van der Waals surface area contributed by atoms with Gasteiger partial charge in [-0.15, -0.1) is 0 Å². The first-order chi connectivity index (χ1) is 11.4. The first kappa shape index (κ1) is 19.0. The summed E-state index contributed by atoms with van der Waals surface area (Å²) in [6.45, 7) is 0. The van der Waals surface area contributed by atoms with E-state index < -0.39 is 46.7 Å². The molecule has 0 N–H and O–H groups in total. The molecule has 1 aromatic carbocycles. The Kier molecular flexibility index (Phi) is 4.73. The molecule has 1 aromatic heterocycles. The van der Waals surface area contributed by atoms with Gasteiger partial charge in [0.1, 0.15) is 5.82 Å². The molecule has 2 rings (SSSR count). The second-order valence-corrected chi connectivity index (χ2v) is 4.90. The summed E-state index contributed by atoms with van der Waals surface area (Å²) in [5.41, 5.74) is -5.28. The number of rotatable bonds is 3. The Balaban J connectivity index is 2.83. The molecule has 0 atom stereocenters. The molecule has 1 heterocycles. The van der Waals surface area contributed by atoms with Crippen molar-refractivity contribution in [1.29, 1.82) is 0 Å². The summed E-state index contributed by atoms with van der Waals surface area (Å²) in [7, 11) is 0.753. The first-order valence-corrected chi connectivity index (χ1v) is 6.48. The van der Waals surface area contributed by atoms with Crippen LogP contribution in [-0.4, -0.2) is 22.8 Å². The van der Waals surface area contributed by atoms with Crippen LogP contribution in [0, 0.1) is 17.7 Å². The van der Waals surface area contributed by atoms with Gasteiger partial charge >= 0.3 is 18.1 Å². The Morgan fingerprint density at radius 3 is 2.32 bits per heavy atom. The number of hydrogen-bond donors (Lipinski definition) is 0. The Morgan fingerprint density at radius 1 is 1.24 bits per heavy atom. The molecule has 2 aromatic rings. The smallest absolute Gasteiger partial charge is 0.459 e. The highest BCUT2D eigenvalue weighted by Crippen LogP contribution is 2.44. The third-order valence-electron chi connectivity index (χ3n) is 2.92. The van der Waals surface area contributed by atoms with Crippen LogP contribution < -0.4 is 10.3 Å². The van der Waals surface area contributed by atoms with Crippen molar-refractivity contribution in [3.05, 3.63) is 50.9 Å². The van der Waals surface area contributed by atoms with E-state index in [1.54, 1.807) is 0 Å². The van der Waals surface area contributed by atoms with Crippen molar-refractivity contribution in [2.75, 3.05) is 7.11 Å². The minimum atomic E-state index is -6.22. The summed E-state index contributed by atoms with van der Waals surface area (Å²) in [5.74, 6) is -9.51. The molecule has 1 radical (unpaired) electrons. The topological polar surface area (TPSA) is 44.1 Å². The van der Waals surface area contributed by atoms with Crippen molar-refractivity contribution in [2.24, 2.45) is 0 Å². The summed E-state index contributed by atoms with van der Waals surface area (Å²) in [5, 5.41) is -0.234. The third kappa shape index (κ3) is 3.15. The van der Waals surface area contributed by atoms with E-state index in [0.29, 0.717) is 6.07 Å². The van der Waals surface area contributed by atoms with E-state index in [0.717, 1.165) is 13.2 Å². The van der Waals surface area contributed by atoms with Crippen LogP contribution in [0.3, 0.4) is 0 Å². The van der Waals surface area contributed by atoms with Gasteiger partial charge in [-0.1, -0.05) is 11.6 Å². The molecule has 0 saturated carbocycles. The molecule has 0 fully saturated rings. The molecular formula is C13H5ClF7N2O2. The lowest BCUT2D eigenvalue weighted by Crippen LogP contribution is -2.39. The number of benzene rings is 1.